The molecule has 0 aliphatic rings. The third-order valence-electron chi connectivity index (χ3n) is 3.77. The van der Waals surface area contributed by atoms with E-state index in [1.807, 2.05) is 29.7 Å². The zero-order valence-corrected chi connectivity index (χ0v) is 13.2. The summed E-state index contributed by atoms with van der Waals surface area (Å²) in [5, 5.41) is 8.92. The second-order valence-corrected chi connectivity index (χ2v) is 5.71. The summed E-state index contributed by atoms with van der Waals surface area (Å²) in [6.45, 7) is 4.07. The fraction of sp³-hybridized carbons (Fsp3) is 0.158. The Morgan fingerprint density at radius 2 is 1.91 bits per heavy atom. The third kappa shape index (κ3) is 3.31. The minimum Gasteiger partial charge on any atom is -0.478 e. The van der Waals surface area contributed by atoms with Gasteiger partial charge in [-0.1, -0.05) is 29.8 Å². The first-order valence-corrected chi connectivity index (χ1v) is 7.47. The number of nitrogens with zero attached hydrogens (tertiary/aromatic N) is 2. The first-order chi connectivity index (χ1) is 11.0. The molecule has 0 bridgehead atoms. The van der Waals surface area contributed by atoms with Crippen LogP contribution in [0.2, 0.25) is 0 Å². The number of aryl methyl sites for hydroxylation is 2. The lowest BCUT2D eigenvalue weighted by atomic mass is 10.1. The number of hydrogen-bond acceptors (Lipinski definition) is 2. The van der Waals surface area contributed by atoms with E-state index in [0.717, 1.165) is 34.2 Å². The van der Waals surface area contributed by atoms with Crippen LogP contribution in [0, 0.1) is 13.8 Å². The molecule has 0 saturated carbocycles. The van der Waals surface area contributed by atoms with Crippen molar-refractivity contribution in [2.24, 2.45) is 0 Å². The molecule has 3 aromatic rings. The number of carboxylic acid groups (broad SMARTS) is 1. The van der Waals surface area contributed by atoms with E-state index in [-0.39, 0.29) is 0 Å². The van der Waals surface area contributed by atoms with E-state index in [2.05, 4.69) is 36.2 Å². The first kappa shape index (κ1) is 15.0. The van der Waals surface area contributed by atoms with Gasteiger partial charge in [-0.15, -0.1) is 0 Å². The quantitative estimate of drug-likeness (QED) is 0.749. The number of fused-ring (bicyclic) bond motifs is 1. The zero-order valence-electron chi connectivity index (χ0n) is 13.2. The Kier molecular flexibility index (Phi) is 3.98. The number of hydrogen-bond donors (Lipinski definition) is 1. The second kappa shape index (κ2) is 6.08. The van der Waals surface area contributed by atoms with Gasteiger partial charge in [0.05, 0.1) is 11.4 Å². The molecule has 4 heteroatoms. The number of aliphatic carboxylic acids is 1. The number of benzene rings is 1. The fourth-order valence-corrected chi connectivity index (χ4v) is 2.57. The van der Waals surface area contributed by atoms with Crippen molar-refractivity contribution in [2.75, 3.05) is 0 Å². The molecule has 4 nitrogen and oxygen atoms in total. The summed E-state index contributed by atoms with van der Waals surface area (Å²) >= 11 is 0. The maximum atomic E-state index is 10.9. The van der Waals surface area contributed by atoms with Crippen molar-refractivity contribution in [3.8, 4) is 0 Å². The highest BCUT2D eigenvalue weighted by Crippen LogP contribution is 2.19. The molecule has 3 rings (SSSR count). The Morgan fingerprint density at radius 3 is 2.61 bits per heavy atom. The van der Waals surface area contributed by atoms with Crippen molar-refractivity contribution < 1.29 is 9.90 Å². The summed E-state index contributed by atoms with van der Waals surface area (Å²) in [5.74, 6) is -0.964. The van der Waals surface area contributed by atoms with Gasteiger partial charge in [-0.05, 0) is 43.2 Å². The molecule has 1 N–H and O–H groups in total. The first-order valence-electron chi connectivity index (χ1n) is 7.47. The lowest BCUT2D eigenvalue weighted by Gasteiger charge is -2.02. The van der Waals surface area contributed by atoms with Crippen LogP contribution < -0.4 is 0 Å². The van der Waals surface area contributed by atoms with Crippen LogP contribution in [-0.2, 0) is 11.2 Å². The van der Waals surface area contributed by atoms with Gasteiger partial charge in [-0.2, -0.15) is 0 Å². The van der Waals surface area contributed by atoms with Crippen LogP contribution in [0.4, 0.5) is 0 Å². The standard InChI is InChI=1S/C19H18N2O2/c1-13-3-5-15(6-4-13)12-16-17(7-8-19(22)23)21-10-9-14(2)11-18(21)20-16/h3-11H,12H2,1-2H3,(H,22,23)/b8-7+. The van der Waals surface area contributed by atoms with Crippen LogP contribution >= 0.6 is 0 Å². The monoisotopic (exact) mass is 306 g/mol. The molecule has 0 atom stereocenters. The number of aromatic nitrogens is 2. The third-order valence-corrected chi connectivity index (χ3v) is 3.77. The van der Waals surface area contributed by atoms with Crippen LogP contribution in [-0.4, -0.2) is 20.5 Å². The average Bonchev–Trinajstić information content (AvgIpc) is 2.83. The average molecular weight is 306 g/mol. The smallest absolute Gasteiger partial charge is 0.328 e. The molecule has 0 spiro atoms. The highest BCUT2D eigenvalue weighted by atomic mass is 16.4. The number of carboxylic acids is 1. The number of carbonyl (C=O) groups is 1. The molecular weight excluding hydrogens is 288 g/mol. The SMILES string of the molecule is Cc1ccc(Cc2nc3cc(C)ccn3c2/C=C/C(=O)O)cc1. The minimum absolute atomic E-state index is 0.667. The molecule has 0 saturated heterocycles. The molecule has 0 aliphatic carbocycles. The predicted octanol–water partition coefficient (Wildman–Crippen LogP) is 3.64. The molecule has 116 valence electrons. The van der Waals surface area contributed by atoms with Crippen molar-refractivity contribution in [1.29, 1.82) is 0 Å². The van der Waals surface area contributed by atoms with Crippen molar-refractivity contribution in [1.82, 2.24) is 9.38 Å². The Balaban J connectivity index is 2.08. The van der Waals surface area contributed by atoms with Gasteiger partial charge < -0.3 is 5.11 Å². The molecule has 0 aliphatic heterocycles. The van der Waals surface area contributed by atoms with Crippen LogP contribution in [0.3, 0.4) is 0 Å². The van der Waals surface area contributed by atoms with Gasteiger partial charge in [0.25, 0.3) is 0 Å². The normalized spacial score (nSPS) is 11.4. The molecule has 0 amide bonds. The van der Waals surface area contributed by atoms with Gasteiger partial charge in [0, 0.05) is 18.7 Å². The summed E-state index contributed by atoms with van der Waals surface area (Å²) in [4.78, 5) is 15.6. The molecule has 23 heavy (non-hydrogen) atoms. The van der Waals surface area contributed by atoms with Crippen LogP contribution in [0.25, 0.3) is 11.7 Å². The molecule has 0 fully saturated rings. The Labute approximate surface area is 134 Å². The minimum atomic E-state index is -0.964. The highest BCUT2D eigenvalue weighted by Gasteiger charge is 2.11. The summed E-state index contributed by atoms with van der Waals surface area (Å²) in [6.07, 6.45) is 5.36. The topological polar surface area (TPSA) is 54.6 Å². The molecule has 1 aromatic carbocycles. The Morgan fingerprint density at radius 1 is 1.17 bits per heavy atom. The molecule has 0 radical (unpaired) electrons. The summed E-state index contributed by atoms with van der Waals surface area (Å²) in [6, 6.07) is 12.3. The number of rotatable bonds is 4. The highest BCUT2D eigenvalue weighted by molar-refractivity contribution is 5.85. The van der Waals surface area contributed by atoms with E-state index >= 15 is 0 Å². The lowest BCUT2D eigenvalue weighted by Crippen LogP contribution is -1.95. The maximum absolute atomic E-state index is 10.9. The van der Waals surface area contributed by atoms with Gasteiger partial charge in [0.15, 0.2) is 0 Å². The van der Waals surface area contributed by atoms with Crippen molar-refractivity contribution >= 4 is 17.7 Å². The van der Waals surface area contributed by atoms with Gasteiger partial charge in [-0.25, -0.2) is 9.78 Å². The zero-order chi connectivity index (χ0) is 16.4. The maximum Gasteiger partial charge on any atom is 0.328 e. The van der Waals surface area contributed by atoms with Crippen LogP contribution in [0.1, 0.15) is 28.1 Å². The Bertz CT molecular complexity index is 890. The lowest BCUT2D eigenvalue weighted by molar-refractivity contribution is -0.131. The van der Waals surface area contributed by atoms with Crippen molar-refractivity contribution in [2.45, 2.75) is 20.3 Å². The number of imidazole rings is 1. The van der Waals surface area contributed by atoms with Gasteiger partial charge in [0.2, 0.25) is 0 Å². The van der Waals surface area contributed by atoms with E-state index in [9.17, 15) is 4.79 Å². The predicted molar refractivity (Wildman–Crippen MR) is 90.6 cm³/mol. The largest absolute Gasteiger partial charge is 0.478 e. The van der Waals surface area contributed by atoms with E-state index in [1.54, 1.807) is 6.08 Å². The Hall–Kier alpha value is -2.88. The molecule has 2 heterocycles. The number of pyridine rings is 1. The molecule has 0 unspecified atom stereocenters. The van der Waals surface area contributed by atoms with Gasteiger partial charge in [0.1, 0.15) is 5.65 Å². The van der Waals surface area contributed by atoms with Crippen LogP contribution in [0.15, 0.2) is 48.7 Å². The molecule has 2 aromatic heterocycles. The van der Waals surface area contributed by atoms with E-state index in [1.165, 1.54) is 5.56 Å². The van der Waals surface area contributed by atoms with Crippen molar-refractivity contribution in [3.05, 3.63) is 76.7 Å². The van der Waals surface area contributed by atoms with Gasteiger partial charge in [-0.3, -0.25) is 4.40 Å². The van der Waals surface area contributed by atoms with E-state index in [4.69, 9.17) is 5.11 Å². The second-order valence-electron chi connectivity index (χ2n) is 5.71. The van der Waals surface area contributed by atoms with E-state index in [0.29, 0.717) is 6.42 Å². The summed E-state index contributed by atoms with van der Waals surface area (Å²) < 4.78 is 1.93. The van der Waals surface area contributed by atoms with Crippen LogP contribution in [0.5, 0.6) is 0 Å². The summed E-state index contributed by atoms with van der Waals surface area (Å²) in [7, 11) is 0. The summed E-state index contributed by atoms with van der Waals surface area (Å²) in [5.41, 5.74) is 6.00. The van der Waals surface area contributed by atoms with E-state index < -0.39 is 5.97 Å². The van der Waals surface area contributed by atoms with Crippen molar-refractivity contribution in [3.63, 3.8) is 0 Å². The molecular formula is C19H18N2O2. The van der Waals surface area contributed by atoms with Gasteiger partial charge >= 0.3 is 5.97 Å². The fourth-order valence-electron chi connectivity index (χ4n) is 2.57.